The zero-order chi connectivity index (χ0) is 18.8. The van der Waals surface area contributed by atoms with Crippen LogP contribution < -0.4 is 10.2 Å². The van der Waals surface area contributed by atoms with Crippen LogP contribution in [-0.4, -0.2) is 40.7 Å². The monoisotopic (exact) mass is 370 g/mol. The second-order valence-electron chi connectivity index (χ2n) is 7.54. The third kappa shape index (κ3) is 3.69. The molecule has 2 N–H and O–H groups in total. The molecule has 4 rings (SSSR count). The van der Waals surface area contributed by atoms with Crippen molar-refractivity contribution in [3.8, 4) is 0 Å². The number of amides is 1. The Kier molecular flexibility index (Phi) is 5.11. The molecule has 0 unspecified atom stereocenters. The van der Waals surface area contributed by atoms with Crippen LogP contribution in [0.3, 0.4) is 0 Å². The maximum Gasteiger partial charge on any atom is 0.287 e. The zero-order valence-electron chi connectivity index (χ0n) is 15.6. The lowest BCUT2D eigenvalue weighted by Gasteiger charge is -2.32. The second kappa shape index (κ2) is 7.68. The average Bonchev–Trinajstić information content (AvgIpc) is 3.14. The molecule has 3 heterocycles. The number of hydrogen-bond acceptors (Lipinski definition) is 6. The Hall–Kier alpha value is -2.41. The summed E-state index contributed by atoms with van der Waals surface area (Å²) in [5.74, 6) is 1.33. The minimum atomic E-state index is -0.189. The Morgan fingerprint density at radius 2 is 2.19 bits per heavy atom. The van der Waals surface area contributed by atoms with Gasteiger partial charge in [-0.05, 0) is 51.0 Å². The molecule has 2 aliphatic rings. The van der Waals surface area contributed by atoms with Gasteiger partial charge in [0.2, 0.25) is 5.95 Å². The van der Waals surface area contributed by atoms with Gasteiger partial charge >= 0.3 is 0 Å². The lowest BCUT2D eigenvalue weighted by Crippen LogP contribution is -2.36. The largest absolute Gasteiger partial charge is 0.459 e. The number of fused-ring (bicyclic) bond motifs is 1. The SMILES string of the molecule is Cc1ccoc1C(=O)N[C@@H]1CCCc2nc(N3CCC(CO)CC3)ncc21. The van der Waals surface area contributed by atoms with E-state index < -0.39 is 0 Å². The van der Waals surface area contributed by atoms with E-state index in [9.17, 15) is 9.90 Å². The summed E-state index contributed by atoms with van der Waals surface area (Å²) in [5.41, 5.74) is 2.87. The molecule has 7 nitrogen and oxygen atoms in total. The minimum Gasteiger partial charge on any atom is -0.459 e. The summed E-state index contributed by atoms with van der Waals surface area (Å²) >= 11 is 0. The average molecular weight is 370 g/mol. The number of furan rings is 1. The molecule has 2 aromatic heterocycles. The summed E-state index contributed by atoms with van der Waals surface area (Å²) in [6.07, 6.45) is 8.12. The first-order chi connectivity index (χ1) is 13.2. The number of rotatable bonds is 4. The molecule has 2 aromatic rings. The normalized spacial score (nSPS) is 20.4. The Balaban J connectivity index is 1.49. The number of hydrogen-bond donors (Lipinski definition) is 2. The van der Waals surface area contributed by atoms with Crippen LogP contribution in [0.5, 0.6) is 0 Å². The second-order valence-corrected chi connectivity index (χ2v) is 7.54. The smallest absolute Gasteiger partial charge is 0.287 e. The molecular formula is C20H26N4O3. The maximum absolute atomic E-state index is 12.5. The van der Waals surface area contributed by atoms with Crippen molar-refractivity contribution in [2.24, 2.45) is 5.92 Å². The molecule has 0 bridgehead atoms. The summed E-state index contributed by atoms with van der Waals surface area (Å²) in [4.78, 5) is 24.1. The summed E-state index contributed by atoms with van der Waals surface area (Å²) < 4.78 is 5.30. The Labute approximate surface area is 158 Å². The molecule has 0 radical (unpaired) electrons. The van der Waals surface area contributed by atoms with Crippen LogP contribution >= 0.6 is 0 Å². The first-order valence-corrected chi connectivity index (χ1v) is 9.72. The van der Waals surface area contributed by atoms with E-state index >= 15 is 0 Å². The molecule has 1 fully saturated rings. The maximum atomic E-state index is 12.5. The minimum absolute atomic E-state index is 0.0834. The Bertz CT molecular complexity index is 811. The molecule has 7 heteroatoms. The molecule has 1 aliphatic carbocycles. The standard InChI is InChI=1S/C20H26N4O3/c1-13-7-10-27-18(13)19(26)22-16-3-2-4-17-15(16)11-21-20(23-17)24-8-5-14(12-25)6-9-24/h7,10-11,14,16,25H,2-6,8-9,12H2,1H3,(H,22,26)/t16-/m1/s1. The molecule has 1 amide bonds. The highest BCUT2D eigenvalue weighted by molar-refractivity contribution is 5.93. The Morgan fingerprint density at radius 3 is 2.89 bits per heavy atom. The zero-order valence-corrected chi connectivity index (χ0v) is 15.6. The van der Waals surface area contributed by atoms with E-state index in [4.69, 9.17) is 9.40 Å². The van der Waals surface area contributed by atoms with Gasteiger partial charge in [0, 0.05) is 37.0 Å². The van der Waals surface area contributed by atoms with Crippen molar-refractivity contribution in [3.63, 3.8) is 0 Å². The highest BCUT2D eigenvalue weighted by Gasteiger charge is 2.27. The van der Waals surface area contributed by atoms with Crippen LogP contribution in [0.15, 0.2) is 22.9 Å². The molecule has 0 saturated carbocycles. The van der Waals surface area contributed by atoms with Crippen molar-refractivity contribution in [3.05, 3.63) is 41.1 Å². The van der Waals surface area contributed by atoms with Gasteiger partial charge in [-0.15, -0.1) is 0 Å². The predicted molar refractivity (Wildman–Crippen MR) is 101 cm³/mol. The fourth-order valence-corrected chi connectivity index (χ4v) is 3.98. The predicted octanol–water partition coefficient (Wildman–Crippen LogP) is 2.39. The fourth-order valence-electron chi connectivity index (χ4n) is 3.98. The topological polar surface area (TPSA) is 91.5 Å². The van der Waals surface area contributed by atoms with Crippen LogP contribution in [0.2, 0.25) is 0 Å². The molecule has 1 saturated heterocycles. The van der Waals surface area contributed by atoms with Gasteiger partial charge < -0.3 is 19.7 Å². The fraction of sp³-hybridized carbons (Fsp3) is 0.550. The lowest BCUT2D eigenvalue weighted by molar-refractivity contribution is 0.0903. The summed E-state index contributed by atoms with van der Waals surface area (Å²) in [6, 6.07) is 1.71. The lowest BCUT2D eigenvalue weighted by atomic mass is 9.92. The molecule has 1 atom stereocenters. The number of carbonyl (C=O) groups is 1. The van der Waals surface area contributed by atoms with Crippen molar-refractivity contribution in [2.45, 2.75) is 45.1 Å². The molecule has 0 aromatic carbocycles. The number of aryl methyl sites for hydroxylation is 2. The van der Waals surface area contributed by atoms with Gasteiger partial charge in [0.1, 0.15) is 0 Å². The summed E-state index contributed by atoms with van der Waals surface area (Å²) in [5, 5.41) is 12.4. The van der Waals surface area contributed by atoms with E-state index in [-0.39, 0.29) is 18.6 Å². The quantitative estimate of drug-likeness (QED) is 0.859. The van der Waals surface area contributed by atoms with Crippen LogP contribution in [0, 0.1) is 12.8 Å². The van der Waals surface area contributed by atoms with Gasteiger partial charge in [0.05, 0.1) is 18.0 Å². The van der Waals surface area contributed by atoms with Crippen LogP contribution in [0.1, 0.15) is 59.1 Å². The number of anilines is 1. The number of aliphatic hydroxyl groups excluding tert-OH is 1. The van der Waals surface area contributed by atoms with Crippen molar-refractivity contribution in [1.82, 2.24) is 15.3 Å². The highest BCUT2D eigenvalue weighted by atomic mass is 16.3. The van der Waals surface area contributed by atoms with E-state index in [2.05, 4.69) is 15.2 Å². The molecule has 144 valence electrons. The van der Waals surface area contributed by atoms with Crippen LogP contribution in [0.4, 0.5) is 5.95 Å². The number of piperidine rings is 1. The van der Waals surface area contributed by atoms with Crippen molar-refractivity contribution < 1.29 is 14.3 Å². The number of carbonyl (C=O) groups excluding carboxylic acids is 1. The molecule has 1 aliphatic heterocycles. The van der Waals surface area contributed by atoms with Crippen LogP contribution in [-0.2, 0) is 6.42 Å². The van der Waals surface area contributed by atoms with Gasteiger partial charge in [-0.1, -0.05) is 0 Å². The first-order valence-electron chi connectivity index (χ1n) is 9.72. The van der Waals surface area contributed by atoms with Crippen LogP contribution in [0.25, 0.3) is 0 Å². The van der Waals surface area contributed by atoms with E-state index in [1.54, 1.807) is 6.07 Å². The van der Waals surface area contributed by atoms with Gasteiger partial charge in [-0.25, -0.2) is 9.97 Å². The van der Waals surface area contributed by atoms with E-state index in [0.29, 0.717) is 11.7 Å². The van der Waals surface area contributed by atoms with E-state index in [1.807, 2.05) is 13.1 Å². The first kappa shape index (κ1) is 18.0. The van der Waals surface area contributed by atoms with Crippen molar-refractivity contribution >= 4 is 11.9 Å². The number of aliphatic hydroxyl groups is 1. The van der Waals surface area contributed by atoms with E-state index in [0.717, 1.165) is 68.0 Å². The third-order valence-electron chi connectivity index (χ3n) is 5.70. The van der Waals surface area contributed by atoms with Gasteiger partial charge in [0.25, 0.3) is 5.91 Å². The highest BCUT2D eigenvalue weighted by Crippen LogP contribution is 2.30. The number of aromatic nitrogens is 2. The van der Waals surface area contributed by atoms with Crippen molar-refractivity contribution in [1.29, 1.82) is 0 Å². The van der Waals surface area contributed by atoms with Crippen molar-refractivity contribution in [2.75, 3.05) is 24.6 Å². The molecule has 0 spiro atoms. The number of nitrogens with zero attached hydrogens (tertiary/aromatic N) is 3. The van der Waals surface area contributed by atoms with Gasteiger partial charge in [-0.3, -0.25) is 4.79 Å². The number of nitrogens with one attached hydrogen (secondary N) is 1. The summed E-state index contributed by atoms with van der Waals surface area (Å²) in [6.45, 7) is 3.88. The third-order valence-corrected chi connectivity index (χ3v) is 5.70. The van der Waals surface area contributed by atoms with Gasteiger partial charge in [0.15, 0.2) is 5.76 Å². The summed E-state index contributed by atoms with van der Waals surface area (Å²) in [7, 11) is 0. The molecule has 27 heavy (non-hydrogen) atoms. The Morgan fingerprint density at radius 1 is 1.37 bits per heavy atom. The molecular weight excluding hydrogens is 344 g/mol. The van der Waals surface area contributed by atoms with Gasteiger partial charge in [-0.2, -0.15) is 0 Å². The van der Waals surface area contributed by atoms with E-state index in [1.165, 1.54) is 6.26 Å².